The van der Waals surface area contributed by atoms with Crippen molar-refractivity contribution < 1.29 is 9.59 Å². The number of H-pyrrole nitrogens is 1. The largest absolute Gasteiger partial charge is 0.357 e. The van der Waals surface area contributed by atoms with E-state index in [2.05, 4.69) is 10.3 Å². The maximum atomic E-state index is 12.7. The fraction of sp³-hybridized carbons (Fsp3) is 0.333. The van der Waals surface area contributed by atoms with Crippen LogP contribution in [0.4, 0.5) is 5.69 Å². The van der Waals surface area contributed by atoms with Crippen LogP contribution in [0.2, 0.25) is 0 Å². The van der Waals surface area contributed by atoms with E-state index in [1.807, 2.05) is 43.5 Å². The minimum absolute atomic E-state index is 0.0128. The van der Waals surface area contributed by atoms with Gasteiger partial charge in [-0.05, 0) is 43.0 Å². The number of anilines is 1. The molecule has 0 unspecified atom stereocenters. The molecule has 0 bridgehead atoms. The Balaban J connectivity index is 1.67. The summed E-state index contributed by atoms with van der Waals surface area (Å²) in [5, 5.41) is 2.98. The van der Waals surface area contributed by atoms with Gasteiger partial charge >= 0.3 is 0 Å². The van der Waals surface area contributed by atoms with Crippen LogP contribution in [0.1, 0.15) is 34.5 Å². The molecular formula is C18H19N3O2. The van der Waals surface area contributed by atoms with Crippen LogP contribution in [0, 0.1) is 6.92 Å². The maximum absolute atomic E-state index is 12.7. The Labute approximate surface area is 134 Å². The molecule has 2 aliphatic heterocycles. The third-order valence-electron chi connectivity index (χ3n) is 4.96. The highest BCUT2D eigenvalue weighted by Gasteiger charge is 2.49. The first-order valence-electron chi connectivity index (χ1n) is 7.95. The fourth-order valence-corrected chi connectivity index (χ4v) is 3.80. The predicted octanol–water partition coefficient (Wildman–Crippen LogP) is 2.45. The van der Waals surface area contributed by atoms with Gasteiger partial charge in [-0.1, -0.05) is 18.2 Å². The quantitative estimate of drug-likeness (QED) is 0.850. The number of carbonyl (C=O) groups is 2. The minimum atomic E-state index is -0.605. The van der Waals surface area contributed by atoms with E-state index in [0.29, 0.717) is 18.8 Å². The number of para-hydroxylation sites is 1. The van der Waals surface area contributed by atoms with Crippen LogP contribution in [0.15, 0.2) is 36.5 Å². The number of aryl methyl sites for hydroxylation is 1. The molecule has 4 rings (SSSR count). The molecule has 1 aromatic heterocycles. The van der Waals surface area contributed by atoms with E-state index in [1.165, 1.54) is 0 Å². The van der Waals surface area contributed by atoms with Crippen molar-refractivity contribution in [2.75, 3.05) is 18.4 Å². The molecule has 118 valence electrons. The number of fused-ring (bicyclic) bond motifs is 2. The number of nitrogens with one attached hydrogen (secondary N) is 2. The topological polar surface area (TPSA) is 65.2 Å². The second-order valence-corrected chi connectivity index (χ2v) is 6.50. The van der Waals surface area contributed by atoms with Gasteiger partial charge in [-0.3, -0.25) is 9.59 Å². The molecule has 2 aromatic rings. The van der Waals surface area contributed by atoms with Crippen LogP contribution in [0.5, 0.6) is 0 Å². The number of amides is 2. The molecule has 1 fully saturated rings. The normalized spacial score (nSPS) is 23.0. The number of aromatic amines is 1. The van der Waals surface area contributed by atoms with Crippen molar-refractivity contribution in [2.24, 2.45) is 0 Å². The highest BCUT2D eigenvalue weighted by atomic mass is 16.2. The van der Waals surface area contributed by atoms with E-state index in [-0.39, 0.29) is 11.8 Å². The highest BCUT2D eigenvalue weighted by Crippen LogP contribution is 2.43. The number of aromatic nitrogens is 1. The first-order chi connectivity index (χ1) is 11.1. The lowest BCUT2D eigenvalue weighted by atomic mass is 9.75. The molecule has 1 saturated heterocycles. The molecule has 2 N–H and O–H groups in total. The molecule has 1 spiro atoms. The molecule has 0 aliphatic carbocycles. The summed E-state index contributed by atoms with van der Waals surface area (Å²) < 4.78 is 0. The SMILES string of the molecule is Cc1c[nH]c(C(=O)N2CCC[C@@]3(C2)C(=O)Nc2ccccc23)c1. The molecule has 5 nitrogen and oxygen atoms in total. The molecule has 2 aliphatic rings. The second kappa shape index (κ2) is 4.98. The number of carbonyl (C=O) groups excluding carboxylic acids is 2. The van der Waals surface area contributed by atoms with E-state index >= 15 is 0 Å². The van der Waals surface area contributed by atoms with Crippen LogP contribution in [-0.2, 0) is 10.2 Å². The van der Waals surface area contributed by atoms with Gasteiger partial charge in [0.15, 0.2) is 0 Å². The van der Waals surface area contributed by atoms with Crippen LogP contribution in [0.25, 0.3) is 0 Å². The summed E-state index contributed by atoms with van der Waals surface area (Å²) in [6.07, 6.45) is 3.43. The summed E-state index contributed by atoms with van der Waals surface area (Å²) in [4.78, 5) is 30.2. The van der Waals surface area contributed by atoms with Crippen LogP contribution < -0.4 is 5.32 Å². The zero-order chi connectivity index (χ0) is 16.0. The Kier molecular flexibility index (Phi) is 3.04. The molecular weight excluding hydrogens is 290 g/mol. The number of benzene rings is 1. The van der Waals surface area contributed by atoms with E-state index in [0.717, 1.165) is 29.7 Å². The molecule has 0 radical (unpaired) electrons. The van der Waals surface area contributed by atoms with Gasteiger partial charge in [0.25, 0.3) is 5.91 Å². The number of hydrogen-bond donors (Lipinski definition) is 2. The van der Waals surface area contributed by atoms with E-state index in [4.69, 9.17) is 0 Å². The fourth-order valence-electron chi connectivity index (χ4n) is 3.80. The first-order valence-corrected chi connectivity index (χ1v) is 7.95. The standard InChI is InChI=1S/C18H19N3O2/c1-12-9-15(19-10-12)16(22)21-8-4-7-18(11-21)13-5-2-3-6-14(13)20-17(18)23/h2-3,5-6,9-10,19H,4,7-8,11H2,1H3,(H,20,23)/t18-/m0/s1. The lowest BCUT2D eigenvalue weighted by Gasteiger charge is -2.38. The van der Waals surface area contributed by atoms with Crippen molar-refractivity contribution in [3.63, 3.8) is 0 Å². The molecule has 3 heterocycles. The van der Waals surface area contributed by atoms with Crippen molar-refractivity contribution in [1.82, 2.24) is 9.88 Å². The maximum Gasteiger partial charge on any atom is 0.270 e. The zero-order valence-electron chi connectivity index (χ0n) is 13.1. The lowest BCUT2D eigenvalue weighted by Crippen LogP contribution is -2.51. The molecule has 5 heteroatoms. The Morgan fingerprint density at radius 3 is 2.91 bits per heavy atom. The van der Waals surface area contributed by atoms with Crippen LogP contribution in [0.3, 0.4) is 0 Å². The summed E-state index contributed by atoms with van der Waals surface area (Å²) in [5.74, 6) is -0.0202. The summed E-state index contributed by atoms with van der Waals surface area (Å²) in [5.41, 5.74) is 2.91. The smallest absolute Gasteiger partial charge is 0.270 e. The van der Waals surface area contributed by atoms with Gasteiger partial charge in [0.05, 0.1) is 5.41 Å². The van der Waals surface area contributed by atoms with Gasteiger partial charge in [-0.25, -0.2) is 0 Å². The lowest BCUT2D eigenvalue weighted by molar-refractivity contribution is -0.122. The third kappa shape index (κ3) is 2.07. The number of rotatable bonds is 1. The summed E-state index contributed by atoms with van der Waals surface area (Å²) in [7, 11) is 0. The number of piperidine rings is 1. The summed E-state index contributed by atoms with van der Waals surface area (Å²) in [6.45, 7) is 3.08. The van der Waals surface area contributed by atoms with E-state index in [1.54, 1.807) is 4.90 Å². The van der Waals surface area contributed by atoms with Gasteiger partial charge < -0.3 is 15.2 Å². The second-order valence-electron chi connectivity index (χ2n) is 6.50. The predicted molar refractivity (Wildman–Crippen MR) is 87.4 cm³/mol. The Hall–Kier alpha value is -2.56. The summed E-state index contributed by atoms with van der Waals surface area (Å²) in [6, 6.07) is 9.66. The number of likely N-dealkylation sites (tertiary alicyclic amines) is 1. The molecule has 1 aromatic carbocycles. The van der Waals surface area contributed by atoms with Crippen molar-refractivity contribution >= 4 is 17.5 Å². The van der Waals surface area contributed by atoms with Crippen molar-refractivity contribution in [3.05, 3.63) is 53.3 Å². The minimum Gasteiger partial charge on any atom is -0.357 e. The molecule has 23 heavy (non-hydrogen) atoms. The van der Waals surface area contributed by atoms with Crippen molar-refractivity contribution in [3.8, 4) is 0 Å². The van der Waals surface area contributed by atoms with Crippen molar-refractivity contribution in [1.29, 1.82) is 0 Å². The van der Waals surface area contributed by atoms with Gasteiger partial charge in [0.1, 0.15) is 5.69 Å². The number of hydrogen-bond acceptors (Lipinski definition) is 2. The zero-order valence-corrected chi connectivity index (χ0v) is 13.1. The number of nitrogens with zero attached hydrogens (tertiary/aromatic N) is 1. The third-order valence-corrected chi connectivity index (χ3v) is 4.96. The monoisotopic (exact) mass is 309 g/mol. The molecule has 1 atom stereocenters. The van der Waals surface area contributed by atoms with Gasteiger partial charge in [0.2, 0.25) is 5.91 Å². The molecule has 2 amide bonds. The van der Waals surface area contributed by atoms with Crippen LogP contribution >= 0.6 is 0 Å². The molecule has 0 saturated carbocycles. The Morgan fingerprint density at radius 1 is 1.30 bits per heavy atom. The first kappa shape index (κ1) is 14.1. The van der Waals surface area contributed by atoms with Gasteiger partial charge in [0, 0.05) is 25.0 Å². The van der Waals surface area contributed by atoms with Gasteiger partial charge in [-0.15, -0.1) is 0 Å². The van der Waals surface area contributed by atoms with Gasteiger partial charge in [-0.2, -0.15) is 0 Å². The summed E-state index contributed by atoms with van der Waals surface area (Å²) >= 11 is 0. The van der Waals surface area contributed by atoms with E-state index in [9.17, 15) is 9.59 Å². The van der Waals surface area contributed by atoms with Crippen LogP contribution in [-0.4, -0.2) is 34.8 Å². The van der Waals surface area contributed by atoms with E-state index < -0.39 is 5.41 Å². The highest BCUT2D eigenvalue weighted by molar-refractivity contribution is 6.07. The van der Waals surface area contributed by atoms with Crippen molar-refractivity contribution in [2.45, 2.75) is 25.2 Å². The Bertz CT molecular complexity index is 795. The Morgan fingerprint density at radius 2 is 2.13 bits per heavy atom. The average Bonchev–Trinajstić information content (AvgIpc) is 3.10. The average molecular weight is 309 g/mol.